The van der Waals surface area contributed by atoms with Crippen LogP contribution in [0.5, 0.6) is 5.75 Å². The molecule has 0 saturated carbocycles. The maximum atomic E-state index is 13.0. The molecule has 1 fully saturated rings. The fraction of sp³-hybridized carbons (Fsp3) is 0.571. The molecular formula is C21H27N3O8. The molecular weight excluding hydrogens is 422 g/mol. The Bertz CT molecular complexity index is 1040. The quantitative estimate of drug-likeness (QED) is 0.409. The number of carboxylic acid groups (broad SMARTS) is 2. The van der Waals surface area contributed by atoms with E-state index < -0.39 is 46.9 Å². The lowest BCUT2D eigenvalue weighted by atomic mass is 9.78. The van der Waals surface area contributed by atoms with Crippen LogP contribution >= 0.6 is 0 Å². The van der Waals surface area contributed by atoms with Gasteiger partial charge in [-0.05, 0) is 32.1 Å². The van der Waals surface area contributed by atoms with Crippen molar-refractivity contribution in [2.45, 2.75) is 52.0 Å². The van der Waals surface area contributed by atoms with Gasteiger partial charge in [0.05, 0.1) is 12.2 Å². The van der Waals surface area contributed by atoms with Gasteiger partial charge in [-0.3, -0.25) is 9.36 Å². The Hall–Kier alpha value is -3.37. The molecule has 2 aliphatic heterocycles. The van der Waals surface area contributed by atoms with Gasteiger partial charge in [0.25, 0.3) is 5.56 Å². The van der Waals surface area contributed by atoms with Crippen LogP contribution in [-0.2, 0) is 14.3 Å². The number of hydrogen-bond acceptors (Lipinski definition) is 8. The highest BCUT2D eigenvalue weighted by atomic mass is 16.5. The molecule has 3 N–H and O–H groups in total. The highest BCUT2D eigenvalue weighted by Gasteiger charge is 2.44. The second kappa shape index (κ2) is 9.01. The first-order valence-corrected chi connectivity index (χ1v) is 10.6. The molecule has 0 spiro atoms. The van der Waals surface area contributed by atoms with Crippen molar-refractivity contribution in [1.29, 1.82) is 0 Å². The molecule has 0 aromatic carbocycles. The predicted molar refractivity (Wildman–Crippen MR) is 110 cm³/mol. The third-order valence-corrected chi connectivity index (χ3v) is 6.15. The van der Waals surface area contributed by atoms with Crippen molar-refractivity contribution in [3.05, 3.63) is 33.1 Å². The number of carboxylic acids is 2. The third-order valence-electron chi connectivity index (χ3n) is 6.15. The number of fused-ring (bicyclic) bond motifs is 4. The minimum absolute atomic E-state index is 0.0369. The van der Waals surface area contributed by atoms with Gasteiger partial charge in [0.15, 0.2) is 5.69 Å². The van der Waals surface area contributed by atoms with Crippen LogP contribution < -0.4 is 5.56 Å². The van der Waals surface area contributed by atoms with Crippen molar-refractivity contribution in [2.24, 2.45) is 5.92 Å². The molecule has 11 nitrogen and oxygen atoms in total. The van der Waals surface area contributed by atoms with Crippen molar-refractivity contribution >= 4 is 17.9 Å². The van der Waals surface area contributed by atoms with Crippen molar-refractivity contribution in [3.63, 3.8) is 0 Å². The number of aromatic hydroxyl groups is 1. The Morgan fingerprint density at radius 1 is 1.12 bits per heavy atom. The van der Waals surface area contributed by atoms with E-state index in [0.717, 1.165) is 0 Å². The van der Waals surface area contributed by atoms with Crippen LogP contribution in [0.2, 0.25) is 0 Å². The summed E-state index contributed by atoms with van der Waals surface area (Å²) in [5.74, 6) is -4.65. The van der Waals surface area contributed by atoms with E-state index >= 15 is 0 Å². The zero-order valence-electron chi connectivity index (χ0n) is 18.2. The molecule has 2 bridgehead atoms. The monoisotopic (exact) mass is 449 g/mol. The van der Waals surface area contributed by atoms with E-state index in [4.69, 9.17) is 4.74 Å². The number of carbonyl (C=O) groups excluding carboxylic acids is 1. The van der Waals surface area contributed by atoms with Gasteiger partial charge in [-0.2, -0.15) is 0 Å². The van der Waals surface area contributed by atoms with Gasteiger partial charge < -0.3 is 25.0 Å². The summed E-state index contributed by atoms with van der Waals surface area (Å²) in [4.78, 5) is 54.7. The van der Waals surface area contributed by atoms with Gasteiger partial charge in [0, 0.05) is 25.0 Å². The summed E-state index contributed by atoms with van der Waals surface area (Å²) in [6.45, 7) is 5.43. The number of esters is 1. The van der Waals surface area contributed by atoms with Crippen molar-refractivity contribution < 1.29 is 34.4 Å². The van der Waals surface area contributed by atoms with Crippen molar-refractivity contribution in [3.8, 4) is 5.75 Å². The largest absolute Gasteiger partial charge is 0.501 e. The molecule has 1 saturated heterocycles. The van der Waals surface area contributed by atoms with Gasteiger partial charge in [0.1, 0.15) is 11.5 Å². The van der Waals surface area contributed by atoms with E-state index in [2.05, 4.69) is 4.98 Å². The first-order chi connectivity index (χ1) is 15.2. The lowest BCUT2D eigenvalue weighted by Crippen LogP contribution is -2.51. The number of carbonyl (C=O) groups is 3. The lowest BCUT2D eigenvalue weighted by Gasteiger charge is -2.47. The second-order valence-corrected chi connectivity index (χ2v) is 7.93. The molecule has 3 unspecified atom stereocenters. The molecule has 0 radical (unpaired) electrons. The number of aromatic nitrogens is 2. The zero-order chi connectivity index (χ0) is 23.7. The molecule has 32 heavy (non-hydrogen) atoms. The fourth-order valence-electron chi connectivity index (χ4n) is 4.88. The van der Waals surface area contributed by atoms with Gasteiger partial charge in [-0.25, -0.2) is 19.4 Å². The van der Waals surface area contributed by atoms with Crippen LogP contribution in [-0.4, -0.2) is 67.4 Å². The van der Waals surface area contributed by atoms with Crippen molar-refractivity contribution in [2.75, 3.05) is 19.7 Å². The standard InChI is InChI=1S/C21H27N3O8/c1-4-12(19(27)28)15(20(29)30)23-8-10-7-11(9-23)17-22-14(21(31)32-6-3)16(25)18(26)24(17)13(10)5-2/h10-11,13,25H,4-9H2,1-3H3,(H,27,28)(H,29,30). The van der Waals surface area contributed by atoms with Crippen LogP contribution in [0, 0.1) is 5.92 Å². The SMILES string of the molecule is CCOC(=O)c1nc2n(c(=O)c1O)C(CC)C1CC2CN(C(C(=O)O)=C(CC)C(=O)O)C1. The van der Waals surface area contributed by atoms with E-state index in [9.17, 15) is 34.5 Å². The van der Waals surface area contributed by atoms with Crippen LogP contribution in [0.3, 0.4) is 0 Å². The van der Waals surface area contributed by atoms with Gasteiger partial charge >= 0.3 is 17.9 Å². The normalized spacial score (nSPS) is 22.6. The average molecular weight is 449 g/mol. The van der Waals surface area contributed by atoms with Gasteiger partial charge in [0.2, 0.25) is 5.75 Å². The summed E-state index contributed by atoms with van der Waals surface area (Å²) in [6, 6.07) is -0.392. The molecule has 3 rings (SSSR count). The minimum Gasteiger partial charge on any atom is -0.501 e. The van der Waals surface area contributed by atoms with Crippen LogP contribution in [0.15, 0.2) is 16.1 Å². The topological polar surface area (TPSA) is 159 Å². The molecule has 11 heteroatoms. The van der Waals surface area contributed by atoms with E-state index in [-0.39, 0.29) is 49.1 Å². The summed E-state index contributed by atoms with van der Waals surface area (Å²) < 4.78 is 6.30. The number of aliphatic carboxylic acids is 2. The molecule has 1 aromatic rings. The Morgan fingerprint density at radius 2 is 1.81 bits per heavy atom. The summed E-state index contributed by atoms with van der Waals surface area (Å²) in [6.07, 6.45) is 1.13. The smallest absolute Gasteiger partial charge is 0.361 e. The average Bonchev–Trinajstić information content (AvgIpc) is 2.74. The highest BCUT2D eigenvalue weighted by Crippen LogP contribution is 2.43. The van der Waals surface area contributed by atoms with E-state index in [1.54, 1.807) is 13.8 Å². The number of ether oxygens (including phenoxy) is 1. The van der Waals surface area contributed by atoms with Crippen molar-refractivity contribution in [1.82, 2.24) is 14.5 Å². The Labute approximate surface area is 183 Å². The number of likely N-dealkylation sites (tertiary alicyclic amines) is 1. The summed E-state index contributed by atoms with van der Waals surface area (Å²) >= 11 is 0. The lowest BCUT2D eigenvalue weighted by molar-refractivity contribution is -0.138. The third kappa shape index (κ3) is 3.82. The zero-order valence-corrected chi connectivity index (χ0v) is 18.2. The van der Waals surface area contributed by atoms with Crippen LogP contribution in [0.4, 0.5) is 0 Å². The summed E-state index contributed by atoms with van der Waals surface area (Å²) in [5.41, 5.74) is -1.68. The van der Waals surface area contributed by atoms with E-state index in [1.165, 1.54) is 9.47 Å². The van der Waals surface area contributed by atoms with E-state index in [0.29, 0.717) is 12.8 Å². The number of piperidine rings is 1. The molecule has 0 aliphatic carbocycles. The summed E-state index contributed by atoms with van der Waals surface area (Å²) in [5, 5.41) is 29.6. The number of hydrogen-bond donors (Lipinski definition) is 3. The fourth-order valence-corrected chi connectivity index (χ4v) is 4.88. The molecule has 0 amide bonds. The second-order valence-electron chi connectivity index (χ2n) is 7.93. The van der Waals surface area contributed by atoms with E-state index in [1.807, 2.05) is 6.92 Å². The highest BCUT2D eigenvalue weighted by molar-refractivity contribution is 5.98. The Kier molecular flexibility index (Phi) is 6.56. The summed E-state index contributed by atoms with van der Waals surface area (Å²) in [7, 11) is 0. The molecule has 1 aromatic heterocycles. The van der Waals surface area contributed by atoms with Gasteiger partial charge in [-0.1, -0.05) is 13.8 Å². The number of rotatable bonds is 7. The van der Waals surface area contributed by atoms with Crippen LogP contribution in [0.1, 0.15) is 68.3 Å². The van der Waals surface area contributed by atoms with Gasteiger partial charge in [-0.15, -0.1) is 0 Å². The number of nitrogens with zero attached hydrogens (tertiary/aromatic N) is 3. The molecule has 3 atom stereocenters. The molecule has 174 valence electrons. The first kappa shape index (κ1) is 23.3. The first-order valence-electron chi connectivity index (χ1n) is 10.6. The maximum absolute atomic E-state index is 13.0. The van der Waals surface area contributed by atoms with Crippen LogP contribution in [0.25, 0.3) is 0 Å². The maximum Gasteiger partial charge on any atom is 0.361 e. The molecule has 2 aliphatic rings. The minimum atomic E-state index is -1.33. The Balaban J connectivity index is 2.16. The molecule has 3 heterocycles. The Morgan fingerprint density at radius 3 is 2.34 bits per heavy atom. The predicted octanol–water partition coefficient (Wildman–Crippen LogP) is 1.33.